The molecule has 3 amide bonds. The SMILES string of the molecule is Cc1ccc(C2(C)NC(=O)N(Cc3nc(C4(N)CCC4)no3)C2=O)cc1.Cl. The molecule has 3 N–H and O–H groups in total. The molecule has 2 aromatic rings. The standard InChI is InChI=1S/C18H21N5O3.ClH/c1-11-4-6-12(7-5-11)17(2)15(24)23(16(25)21-17)10-13-20-14(22-26-13)18(19)8-3-9-18;/h4-7H,3,8-10,19H2,1-2H3,(H,21,25);1H. The number of hydrogen-bond acceptors (Lipinski definition) is 6. The average molecular weight is 392 g/mol. The highest BCUT2D eigenvalue weighted by atomic mass is 35.5. The maximum Gasteiger partial charge on any atom is 0.325 e. The van der Waals surface area contributed by atoms with E-state index in [-0.39, 0.29) is 30.7 Å². The number of amides is 3. The lowest BCUT2D eigenvalue weighted by Crippen LogP contribution is -2.44. The van der Waals surface area contributed by atoms with Crippen LogP contribution in [0.25, 0.3) is 0 Å². The van der Waals surface area contributed by atoms with Crippen molar-refractivity contribution < 1.29 is 14.1 Å². The molecule has 1 saturated carbocycles. The third kappa shape index (κ3) is 3.08. The number of aryl methyl sites for hydroxylation is 1. The first kappa shape index (κ1) is 19.3. The minimum Gasteiger partial charge on any atom is -0.337 e. The first-order valence-electron chi connectivity index (χ1n) is 8.65. The van der Waals surface area contributed by atoms with E-state index in [1.807, 2.05) is 31.2 Å². The highest BCUT2D eigenvalue weighted by Gasteiger charge is 2.49. The summed E-state index contributed by atoms with van der Waals surface area (Å²) in [5.74, 6) is 0.290. The molecule has 1 unspecified atom stereocenters. The Hall–Kier alpha value is -2.45. The minimum absolute atomic E-state index is 0. The van der Waals surface area contributed by atoms with Crippen LogP contribution in [-0.2, 0) is 22.4 Å². The number of carbonyl (C=O) groups excluding carboxylic acids is 2. The van der Waals surface area contributed by atoms with Crippen LogP contribution >= 0.6 is 12.4 Å². The molecular weight excluding hydrogens is 370 g/mol. The number of benzene rings is 1. The van der Waals surface area contributed by atoms with Crippen LogP contribution in [0.4, 0.5) is 4.79 Å². The maximum absolute atomic E-state index is 12.9. The van der Waals surface area contributed by atoms with Crippen LogP contribution in [0.15, 0.2) is 28.8 Å². The van der Waals surface area contributed by atoms with Crippen LogP contribution in [0.2, 0.25) is 0 Å². The highest BCUT2D eigenvalue weighted by molar-refractivity contribution is 6.07. The summed E-state index contributed by atoms with van der Waals surface area (Å²) in [5.41, 5.74) is 6.33. The van der Waals surface area contributed by atoms with Gasteiger partial charge in [0.15, 0.2) is 5.82 Å². The molecule has 0 radical (unpaired) electrons. The molecule has 2 fully saturated rings. The molecule has 2 aliphatic rings. The molecule has 1 atom stereocenters. The summed E-state index contributed by atoms with van der Waals surface area (Å²) in [6.45, 7) is 3.59. The van der Waals surface area contributed by atoms with E-state index < -0.39 is 17.1 Å². The van der Waals surface area contributed by atoms with Crippen molar-refractivity contribution in [3.63, 3.8) is 0 Å². The maximum atomic E-state index is 12.9. The van der Waals surface area contributed by atoms with Gasteiger partial charge < -0.3 is 15.6 Å². The van der Waals surface area contributed by atoms with Crippen molar-refractivity contribution in [2.24, 2.45) is 5.73 Å². The zero-order valence-electron chi connectivity index (χ0n) is 15.2. The van der Waals surface area contributed by atoms with Crippen LogP contribution < -0.4 is 11.1 Å². The van der Waals surface area contributed by atoms with Crippen LogP contribution in [0.5, 0.6) is 0 Å². The van der Waals surface area contributed by atoms with Gasteiger partial charge in [-0.1, -0.05) is 35.0 Å². The molecule has 2 heterocycles. The van der Waals surface area contributed by atoms with Gasteiger partial charge in [-0.3, -0.25) is 9.69 Å². The van der Waals surface area contributed by atoms with Gasteiger partial charge in [-0.15, -0.1) is 12.4 Å². The van der Waals surface area contributed by atoms with E-state index >= 15 is 0 Å². The number of nitrogens with zero attached hydrogens (tertiary/aromatic N) is 3. The lowest BCUT2D eigenvalue weighted by Gasteiger charge is -2.34. The topological polar surface area (TPSA) is 114 Å². The molecule has 4 rings (SSSR count). The smallest absolute Gasteiger partial charge is 0.325 e. The predicted octanol–water partition coefficient (Wildman–Crippen LogP) is 2.10. The Labute approximate surface area is 162 Å². The Kier molecular flexibility index (Phi) is 4.73. The van der Waals surface area contributed by atoms with Crippen molar-refractivity contribution in [3.8, 4) is 0 Å². The van der Waals surface area contributed by atoms with Gasteiger partial charge in [0.1, 0.15) is 12.1 Å². The third-order valence-corrected chi connectivity index (χ3v) is 5.36. The van der Waals surface area contributed by atoms with Crippen molar-refractivity contribution in [1.82, 2.24) is 20.4 Å². The number of carbonyl (C=O) groups is 2. The summed E-state index contributed by atoms with van der Waals surface area (Å²) in [4.78, 5) is 30.7. The molecule has 1 aromatic heterocycles. The van der Waals surface area contributed by atoms with E-state index in [1.165, 1.54) is 0 Å². The van der Waals surface area contributed by atoms with Crippen molar-refractivity contribution >= 4 is 24.3 Å². The van der Waals surface area contributed by atoms with Gasteiger partial charge in [0.05, 0.1) is 5.54 Å². The summed E-state index contributed by atoms with van der Waals surface area (Å²) in [7, 11) is 0. The lowest BCUT2D eigenvalue weighted by atomic mass is 9.77. The normalized spacial score (nSPS) is 23.6. The van der Waals surface area contributed by atoms with Crippen molar-refractivity contribution in [1.29, 1.82) is 0 Å². The van der Waals surface area contributed by atoms with Gasteiger partial charge in [0.2, 0.25) is 5.89 Å². The molecule has 8 nitrogen and oxygen atoms in total. The molecule has 1 aliphatic carbocycles. The van der Waals surface area contributed by atoms with Crippen molar-refractivity contribution in [2.45, 2.75) is 50.7 Å². The Balaban J connectivity index is 0.00000210. The van der Waals surface area contributed by atoms with Gasteiger partial charge in [-0.25, -0.2) is 4.79 Å². The monoisotopic (exact) mass is 391 g/mol. The molecular formula is C18H22ClN5O3. The van der Waals surface area contributed by atoms with Crippen LogP contribution in [0, 0.1) is 6.92 Å². The van der Waals surface area contributed by atoms with Crippen LogP contribution in [0.1, 0.15) is 49.0 Å². The van der Waals surface area contributed by atoms with Gasteiger partial charge in [0, 0.05) is 0 Å². The third-order valence-electron chi connectivity index (χ3n) is 5.36. The predicted molar refractivity (Wildman–Crippen MR) is 98.9 cm³/mol. The average Bonchev–Trinajstić information content (AvgIpc) is 3.13. The number of aromatic nitrogens is 2. The molecule has 1 aromatic carbocycles. The second kappa shape index (κ2) is 6.61. The van der Waals surface area contributed by atoms with E-state index in [1.54, 1.807) is 6.92 Å². The number of rotatable bonds is 4. The number of nitrogens with two attached hydrogens (primary N) is 1. The highest BCUT2D eigenvalue weighted by Crippen LogP contribution is 2.37. The van der Waals surface area contributed by atoms with E-state index in [0.29, 0.717) is 5.82 Å². The Morgan fingerprint density at radius 3 is 2.52 bits per heavy atom. The van der Waals surface area contributed by atoms with Gasteiger partial charge >= 0.3 is 6.03 Å². The summed E-state index contributed by atoms with van der Waals surface area (Å²) in [6, 6.07) is 7.02. The van der Waals surface area contributed by atoms with Gasteiger partial charge in [-0.2, -0.15) is 4.98 Å². The molecule has 0 bridgehead atoms. The Morgan fingerprint density at radius 1 is 1.26 bits per heavy atom. The largest absolute Gasteiger partial charge is 0.337 e. The molecule has 9 heteroatoms. The van der Waals surface area contributed by atoms with Gasteiger partial charge in [0.25, 0.3) is 5.91 Å². The van der Waals surface area contributed by atoms with Crippen molar-refractivity contribution in [2.75, 3.05) is 0 Å². The number of nitrogens with one attached hydrogen (secondary N) is 1. The van der Waals surface area contributed by atoms with E-state index in [9.17, 15) is 9.59 Å². The minimum atomic E-state index is -1.11. The fourth-order valence-electron chi connectivity index (χ4n) is 3.36. The molecule has 144 valence electrons. The van der Waals surface area contributed by atoms with Crippen molar-refractivity contribution in [3.05, 3.63) is 47.1 Å². The number of imide groups is 1. The first-order valence-corrected chi connectivity index (χ1v) is 8.65. The quantitative estimate of drug-likeness (QED) is 0.771. The molecule has 0 spiro atoms. The lowest BCUT2D eigenvalue weighted by molar-refractivity contribution is -0.131. The van der Waals surface area contributed by atoms with E-state index in [2.05, 4.69) is 15.5 Å². The van der Waals surface area contributed by atoms with E-state index in [0.717, 1.165) is 35.3 Å². The molecule has 1 saturated heterocycles. The summed E-state index contributed by atoms with van der Waals surface area (Å²) in [6.07, 6.45) is 2.64. The molecule has 1 aliphatic heterocycles. The Morgan fingerprint density at radius 2 is 1.93 bits per heavy atom. The summed E-state index contributed by atoms with van der Waals surface area (Å²) < 4.78 is 5.22. The number of hydrogen-bond donors (Lipinski definition) is 2. The second-order valence-electron chi connectivity index (χ2n) is 7.33. The fraction of sp³-hybridized carbons (Fsp3) is 0.444. The zero-order chi connectivity index (χ0) is 18.5. The van der Waals surface area contributed by atoms with Gasteiger partial charge in [-0.05, 0) is 38.7 Å². The van der Waals surface area contributed by atoms with E-state index in [4.69, 9.17) is 10.3 Å². The number of halogens is 1. The zero-order valence-corrected chi connectivity index (χ0v) is 16.0. The molecule has 27 heavy (non-hydrogen) atoms. The summed E-state index contributed by atoms with van der Waals surface area (Å²) >= 11 is 0. The van der Waals surface area contributed by atoms with Crippen LogP contribution in [0.3, 0.4) is 0 Å². The Bertz CT molecular complexity index is 877. The first-order chi connectivity index (χ1) is 12.3. The fourth-order valence-corrected chi connectivity index (χ4v) is 3.36. The second-order valence-corrected chi connectivity index (χ2v) is 7.33. The number of urea groups is 1. The van der Waals surface area contributed by atoms with Crippen LogP contribution in [-0.4, -0.2) is 27.0 Å². The summed E-state index contributed by atoms with van der Waals surface area (Å²) in [5, 5.41) is 6.69.